The van der Waals surface area contributed by atoms with Crippen molar-refractivity contribution in [3.63, 3.8) is 0 Å². The molecule has 1 aromatic carbocycles. The summed E-state index contributed by atoms with van der Waals surface area (Å²) < 4.78 is 21.6. The number of carbonyl (C=O) groups is 1. The number of benzene rings is 1. The fourth-order valence-electron chi connectivity index (χ4n) is 1.76. The van der Waals surface area contributed by atoms with E-state index in [9.17, 15) is 18.3 Å². The molecule has 0 amide bonds. The Labute approximate surface area is 121 Å². The highest BCUT2D eigenvalue weighted by Crippen LogP contribution is 2.28. The summed E-state index contributed by atoms with van der Waals surface area (Å²) in [4.78, 5) is 11.0. The molecule has 0 spiro atoms. The molecule has 1 N–H and O–H groups in total. The topological polar surface area (TPSA) is 71.4 Å². The first-order valence-electron chi connectivity index (χ1n) is 5.78. The molecule has 0 aliphatic carbocycles. The van der Waals surface area contributed by atoms with Crippen molar-refractivity contribution in [2.24, 2.45) is 0 Å². The molecule has 1 unspecified atom stereocenters. The molecular weight excluding hydrogens is 332 g/mol. The van der Waals surface area contributed by atoms with Gasteiger partial charge in [0, 0.05) is 11.1 Å². The molecule has 0 aliphatic heterocycles. The summed E-state index contributed by atoms with van der Waals surface area (Å²) in [6.45, 7) is 1.25. The minimum atomic E-state index is -3.68. The van der Waals surface area contributed by atoms with Crippen LogP contribution in [0.1, 0.15) is 18.9 Å². The number of carboxylic acid groups (broad SMARTS) is 1. The zero-order valence-corrected chi connectivity index (χ0v) is 13.2. The third-order valence-corrected chi connectivity index (χ3v) is 5.81. The van der Waals surface area contributed by atoms with Crippen LogP contribution in [0.2, 0.25) is 0 Å². The van der Waals surface area contributed by atoms with E-state index >= 15 is 0 Å². The summed E-state index contributed by atoms with van der Waals surface area (Å²) in [5, 5.41) is 9.18. The molecule has 1 rings (SSSR count). The Bertz CT molecular complexity index is 541. The van der Waals surface area contributed by atoms with Gasteiger partial charge in [-0.15, -0.1) is 0 Å². The zero-order valence-electron chi connectivity index (χ0n) is 10.8. The third kappa shape index (κ3) is 4.04. The fourth-order valence-corrected chi connectivity index (χ4v) is 3.82. The van der Waals surface area contributed by atoms with Crippen LogP contribution in [0.15, 0.2) is 30.3 Å². The largest absolute Gasteiger partial charge is 0.480 e. The van der Waals surface area contributed by atoms with Crippen LogP contribution in [0, 0.1) is 0 Å². The van der Waals surface area contributed by atoms with E-state index in [1.807, 2.05) is 30.3 Å². The zero-order chi connectivity index (χ0) is 14.7. The summed E-state index contributed by atoms with van der Waals surface area (Å²) in [6.07, 6.45) is 1.57. The number of hydrogen-bond donors (Lipinski definition) is 1. The second kappa shape index (κ2) is 6.05. The summed E-state index contributed by atoms with van der Waals surface area (Å²) in [6, 6.07) is 9.52. The van der Waals surface area contributed by atoms with Crippen LogP contribution in [0.3, 0.4) is 0 Å². The predicted octanol–water partition coefficient (Wildman–Crippen LogP) is 2.27. The normalized spacial score (nSPS) is 16.6. The predicted molar refractivity (Wildman–Crippen MR) is 78.4 cm³/mol. The van der Waals surface area contributed by atoms with Crippen molar-refractivity contribution < 1.29 is 18.3 Å². The first-order chi connectivity index (χ1) is 8.67. The quantitative estimate of drug-likeness (QED) is 0.800. The van der Waals surface area contributed by atoms with Crippen LogP contribution in [-0.2, 0) is 21.1 Å². The number of halogens is 1. The van der Waals surface area contributed by atoms with Crippen molar-refractivity contribution in [2.75, 3.05) is 6.26 Å². The van der Waals surface area contributed by atoms with E-state index in [1.54, 1.807) is 0 Å². The first kappa shape index (κ1) is 16.2. The molecule has 0 aliphatic rings. The maximum atomic E-state index is 11.7. The third-order valence-electron chi connectivity index (χ3n) is 3.18. The van der Waals surface area contributed by atoms with Gasteiger partial charge in [0.2, 0.25) is 0 Å². The lowest BCUT2D eigenvalue weighted by atomic mass is 10.0. The molecule has 2 atom stereocenters. The van der Waals surface area contributed by atoms with Crippen molar-refractivity contribution >= 4 is 31.7 Å². The van der Waals surface area contributed by atoms with E-state index in [1.165, 1.54) is 6.92 Å². The number of hydrogen-bond acceptors (Lipinski definition) is 3. The van der Waals surface area contributed by atoms with Crippen LogP contribution in [0.5, 0.6) is 0 Å². The van der Waals surface area contributed by atoms with Gasteiger partial charge in [0.25, 0.3) is 0 Å². The Hall–Kier alpha value is -0.880. The molecule has 0 radical (unpaired) electrons. The van der Waals surface area contributed by atoms with Gasteiger partial charge in [-0.2, -0.15) is 0 Å². The number of carboxylic acids is 1. The van der Waals surface area contributed by atoms with E-state index in [-0.39, 0.29) is 11.2 Å². The van der Waals surface area contributed by atoms with Gasteiger partial charge in [-0.25, -0.2) is 8.42 Å². The molecule has 0 fully saturated rings. The minimum Gasteiger partial charge on any atom is -0.480 e. The Kier molecular flexibility index (Phi) is 5.15. The second-order valence-electron chi connectivity index (χ2n) is 4.80. The highest BCUT2D eigenvalue weighted by atomic mass is 79.9. The molecule has 0 bridgehead atoms. The highest BCUT2D eigenvalue weighted by molar-refractivity contribution is 9.09. The van der Waals surface area contributed by atoms with Crippen molar-refractivity contribution in [1.29, 1.82) is 0 Å². The van der Waals surface area contributed by atoms with Crippen LogP contribution >= 0.6 is 15.9 Å². The van der Waals surface area contributed by atoms with Crippen molar-refractivity contribution in [3.05, 3.63) is 35.9 Å². The van der Waals surface area contributed by atoms with E-state index in [4.69, 9.17) is 0 Å². The summed E-state index contributed by atoms with van der Waals surface area (Å²) in [5.41, 5.74) is 1.03. The molecule has 0 saturated carbocycles. The number of alkyl halides is 1. The average molecular weight is 349 g/mol. The summed E-state index contributed by atoms with van der Waals surface area (Å²) in [7, 11) is -3.68. The van der Waals surface area contributed by atoms with Crippen molar-refractivity contribution in [3.8, 4) is 0 Å². The van der Waals surface area contributed by atoms with Gasteiger partial charge in [-0.3, -0.25) is 4.79 Å². The Balaban J connectivity index is 2.85. The molecule has 4 nitrogen and oxygen atoms in total. The van der Waals surface area contributed by atoms with Crippen LogP contribution < -0.4 is 0 Å². The molecule has 1 aromatic rings. The second-order valence-corrected chi connectivity index (χ2v) is 8.54. The highest BCUT2D eigenvalue weighted by Gasteiger charge is 2.44. The van der Waals surface area contributed by atoms with Crippen molar-refractivity contribution in [1.82, 2.24) is 0 Å². The standard InChI is InChI=1S/C13H17BrO4S/c1-13(12(15)16,19(2,17)18)9-11(14)8-10-6-4-3-5-7-10/h3-7,11H,8-9H2,1-2H3,(H,15,16)/t11?,13-/m1/s1. The van der Waals surface area contributed by atoms with Gasteiger partial charge in [0.1, 0.15) is 0 Å². The molecule has 0 heterocycles. The van der Waals surface area contributed by atoms with E-state index < -0.39 is 20.6 Å². The molecule has 6 heteroatoms. The van der Waals surface area contributed by atoms with Gasteiger partial charge in [0.05, 0.1) is 0 Å². The lowest BCUT2D eigenvalue weighted by Crippen LogP contribution is -2.45. The molecule has 0 saturated heterocycles. The fraction of sp³-hybridized carbons (Fsp3) is 0.462. The van der Waals surface area contributed by atoms with Gasteiger partial charge in [0.15, 0.2) is 14.6 Å². The molecule has 19 heavy (non-hydrogen) atoms. The SMILES string of the molecule is C[C@@](CC(Br)Cc1ccccc1)(C(=O)O)S(C)(=O)=O. The van der Waals surface area contributed by atoms with E-state index in [0.717, 1.165) is 11.8 Å². The number of sulfone groups is 1. The lowest BCUT2D eigenvalue weighted by molar-refractivity contribution is -0.139. The molecule has 0 aromatic heterocycles. The van der Waals surface area contributed by atoms with Gasteiger partial charge in [-0.1, -0.05) is 46.3 Å². The maximum absolute atomic E-state index is 11.7. The van der Waals surface area contributed by atoms with Gasteiger partial charge >= 0.3 is 5.97 Å². The summed E-state index contributed by atoms with van der Waals surface area (Å²) >= 11 is 3.38. The minimum absolute atomic E-state index is 0.0239. The van der Waals surface area contributed by atoms with Gasteiger partial charge < -0.3 is 5.11 Å². The molecular formula is C13H17BrO4S. The average Bonchev–Trinajstić information content (AvgIpc) is 2.28. The Morgan fingerprint density at radius 3 is 2.32 bits per heavy atom. The Morgan fingerprint density at radius 2 is 1.89 bits per heavy atom. The van der Waals surface area contributed by atoms with Crippen molar-refractivity contribution in [2.45, 2.75) is 29.3 Å². The Morgan fingerprint density at radius 1 is 1.37 bits per heavy atom. The monoisotopic (exact) mass is 348 g/mol. The lowest BCUT2D eigenvalue weighted by Gasteiger charge is -2.25. The van der Waals surface area contributed by atoms with Gasteiger partial charge in [-0.05, 0) is 25.3 Å². The van der Waals surface area contributed by atoms with Crippen LogP contribution in [-0.4, -0.2) is 35.3 Å². The first-order valence-corrected chi connectivity index (χ1v) is 8.58. The molecule has 106 valence electrons. The maximum Gasteiger partial charge on any atom is 0.324 e. The smallest absolute Gasteiger partial charge is 0.324 e. The van der Waals surface area contributed by atoms with Crippen LogP contribution in [0.25, 0.3) is 0 Å². The number of aliphatic carboxylic acids is 1. The van der Waals surface area contributed by atoms with E-state index in [2.05, 4.69) is 15.9 Å². The van der Waals surface area contributed by atoms with Crippen LogP contribution in [0.4, 0.5) is 0 Å². The summed E-state index contributed by atoms with van der Waals surface area (Å²) in [5.74, 6) is -1.31. The number of rotatable bonds is 6. The van der Waals surface area contributed by atoms with E-state index in [0.29, 0.717) is 6.42 Å².